The zero-order valence-corrected chi connectivity index (χ0v) is 15.4. The first kappa shape index (κ1) is 18.9. The summed E-state index contributed by atoms with van der Waals surface area (Å²) in [5, 5.41) is 12.4. The Morgan fingerprint density at radius 3 is 2.59 bits per heavy atom. The van der Waals surface area contributed by atoms with Crippen molar-refractivity contribution in [2.75, 3.05) is 13.1 Å². The molecule has 0 bridgehead atoms. The summed E-state index contributed by atoms with van der Waals surface area (Å²) in [4.78, 5) is 30.3. The average Bonchev–Trinajstić information content (AvgIpc) is 2.68. The zero-order valence-electron chi connectivity index (χ0n) is 15.4. The number of hydrogen-bond acceptors (Lipinski definition) is 3. The summed E-state index contributed by atoms with van der Waals surface area (Å²) >= 11 is 0. The third-order valence-corrected chi connectivity index (χ3v) is 4.94. The van der Waals surface area contributed by atoms with Gasteiger partial charge in [-0.3, -0.25) is 9.78 Å². The molecule has 0 spiro atoms. The molecule has 3 rings (SSSR count). The van der Waals surface area contributed by atoms with Gasteiger partial charge >= 0.3 is 12.0 Å². The highest BCUT2D eigenvalue weighted by Gasteiger charge is 2.32. The molecule has 27 heavy (non-hydrogen) atoms. The lowest BCUT2D eigenvalue weighted by Gasteiger charge is -2.35. The highest BCUT2D eigenvalue weighted by molar-refractivity contribution is 5.77. The monoisotopic (exact) mass is 367 g/mol. The molecular formula is C21H25N3O3. The summed E-state index contributed by atoms with van der Waals surface area (Å²) in [6, 6.07) is 15.0. The second-order valence-electron chi connectivity index (χ2n) is 7.22. The van der Waals surface area contributed by atoms with Gasteiger partial charge in [-0.15, -0.1) is 0 Å². The Kier molecular flexibility index (Phi) is 6.06. The fourth-order valence-electron chi connectivity index (χ4n) is 3.60. The number of likely N-dealkylation sites (tertiary alicyclic amines) is 1. The molecule has 1 aliphatic heterocycles. The van der Waals surface area contributed by atoms with Crippen LogP contribution in [0.25, 0.3) is 0 Å². The van der Waals surface area contributed by atoms with Crippen LogP contribution in [-0.4, -0.2) is 40.1 Å². The van der Waals surface area contributed by atoms with E-state index in [0.717, 1.165) is 11.3 Å². The first-order chi connectivity index (χ1) is 13.0. The number of carbonyl (C=O) groups is 2. The van der Waals surface area contributed by atoms with Crippen molar-refractivity contribution >= 4 is 12.0 Å². The van der Waals surface area contributed by atoms with E-state index < -0.39 is 11.9 Å². The second-order valence-corrected chi connectivity index (χ2v) is 7.22. The minimum Gasteiger partial charge on any atom is -0.481 e. The number of nitrogens with zero attached hydrogens (tertiary/aromatic N) is 2. The van der Waals surface area contributed by atoms with Crippen LogP contribution in [0.15, 0.2) is 54.7 Å². The van der Waals surface area contributed by atoms with Gasteiger partial charge < -0.3 is 15.3 Å². The van der Waals surface area contributed by atoms with Crippen LogP contribution >= 0.6 is 0 Å². The number of pyridine rings is 1. The quantitative estimate of drug-likeness (QED) is 0.851. The first-order valence-electron chi connectivity index (χ1n) is 9.26. The van der Waals surface area contributed by atoms with Crippen LogP contribution in [-0.2, 0) is 11.2 Å². The average molecular weight is 367 g/mol. The van der Waals surface area contributed by atoms with Crippen LogP contribution in [0.3, 0.4) is 0 Å². The molecule has 142 valence electrons. The molecule has 1 fully saturated rings. The number of hydrogen-bond donors (Lipinski definition) is 2. The molecule has 0 radical (unpaired) electrons. The number of nitrogens with one attached hydrogen (secondary N) is 1. The Labute approximate surface area is 159 Å². The van der Waals surface area contributed by atoms with E-state index in [0.29, 0.717) is 19.4 Å². The van der Waals surface area contributed by atoms with Crippen LogP contribution in [0.2, 0.25) is 0 Å². The van der Waals surface area contributed by atoms with Crippen LogP contribution < -0.4 is 5.32 Å². The lowest BCUT2D eigenvalue weighted by Crippen LogP contribution is -2.50. The number of amides is 2. The molecule has 6 nitrogen and oxygen atoms in total. The highest BCUT2D eigenvalue weighted by Crippen LogP contribution is 2.23. The van der Waals surface area contributed by atoms with Crippen molar-refractivity contribution in [1.82, 2.24) is 15.2 Å². The largest absolute Gasteiger partial charge is 0.481 e. The number of aliphatic carboxylic acids is 1. The van der Waals surface area contributed by atoms with Crippen molar-refractivity contribution in [3.8, 4) is 0 Å². The SMILES string of the molecule is C[C@@H]1C[C@@H](C(=O)O)CN(C(=O)N[C@H](Cc2ccccn2)c2ccccc2)C1. The molecule has 1 aromatic heterocycles. The van der Waals surface area contributed by atoms with Crippen molar-refractivity contribution in [2.24, 2.45) is 11.8 Å². The normalized spacial score (nSPS) is 20.7. The van der Waals surface area contributed by atoms with Gasteiger partial charge in [-0.1, -0.05) is 43.3 Å². The van der Waals surface area contributed by atoms with Gasteiger partial charge in [0, 0.05) is 31.4 Å². The standard InChI is InChI=1S/C21H25N3O3/c1-15-11-17(20(25)26)14-24(13-15)21(27)23-19(16-7-3-2-4-8-16)12-18-9-5-6-10-22-18/h2-10,15,17,19H,11-14H2,1H3,(H,23,27)(H,25,26)/t15-,17-,19-/m1/s1. The number of urea groups is 1. The predicted molar refractivity (Wildman–Crippen MR) is 102 cm³/mol. The molecule has 1 aromatic carbocycles. The van der Waals surface area contributed by atoms with Gasteiger partial charge in [0.1, 0.15) is 0 Å². The Hall–Kier alpha value is -2.89. The number of piperidine rings is 1. The molecule has 0 unspecified atom stereocenters. The van der Waals surface area contributed by atoms with Gasteiger partial charge in [-0.05, 0) is 30.0 Å². The number of carboxylic acids is 1. The Bertz CT molecular complexity index is 767. The number of carboxylic acid groups (broad SMARTS) is 1. The molecular weight excluding hydrogens is 342 g/mol. The number of carbonyl (C=O) groups excluding carboxylic acids is 1. The maximum atomic E-state index is 12.9. The summed E-state index contributed by atoms with van der Waals surface area (Å²) in [6.07, 6.45) is 2.92. The molecule has 2 N–H and O–H groups in total. The van der Waals surface area contributed by atoms with Crippen LogP contribution in [0.5, 0.6) is 0 Å². The molecule has 6 heteroatoms. The fraction of sp³-hybridized carbons (Fsp3) is 0.381. The maximum Gasteiger partial charge on any atom is 0.317 e. The van der Waals surface area contributed by atoms with E-state index in [-0.39, 0.29) is 24.5 Å². The maximum absolute atomic E-state index is 12.9. The van der Waals surface area contributed by atoms with E-state index in [1.165, 1.54) is 0 Å². The Morgan fingerprint density at radius 1 is 1.19 bits per heavy atom. The van der Waals surface area contributed by atoms with E-state index in [1.54, 1.807) is 11.1 Å². The number of aromatic nitrogens is 1. The molecule has 3 atom stereocenters. The third kappa shape index (κ3) is 5.06. The molecule has 2 heterocycles. The lowest BCUT2D eigenvalue weighted by atomic mass is 9.90. The van der Waals surface area contributed by atoms with E-state index >= 15 is 0 Å². The number of rotatable bonds is 5. The van der Waals surface area contributed by atoms with Crippen LogP contribution in [0.4, 0.5) is 4.79 Å². The topological polar surface area (TPSA) is 82.5 Å². The molecule has 1 saturated heterocycles. The van der Waals surface area contributed by atoms with E-state index in [4.69, 9.17) is 0 Å². The fourth-order valence-corrected chi connectivity index (χ4v) is 3.60. The Balaban J connectivity index is 1.75. The minimum absolute atomic E-state index is 0.163. The zero-order chi connectivity index (χ0) is 19.2. The molecule has 2 amide bonds. The van der Waals surface area contributed by atoms with Crippen molar-refractivity contribution < 1.29 is 14.7 Å². The summed E-state index contributed by atoms with van der Waals surface area (Å²) < 4.78 is 0. The van der Waals surface area contributed by atoms with Crippen LogP contribution in [0.1, 0.15) is 30.6 Å². The molecule has 1 aliphatic rings. The van der Waals surface area contributed by atoms with Gasteiger partial charge in [0.25, 0.3) is 0 Å². The second kappa shape index (κ2) is 8.66. The predicted octanol–water partition coefficient (Wildman–Crippen LogP) is 3.12. The Morgan fingerprint density at radius 2 is 1.93 bits per heavy atom. The minimum atomic E-state index is -0.840. The van der Waals surface area contributed by atoms with Crippen molar-refractivity contribution in [3.05, 3.63) is 66.0 Å². The van der Waals surface area contributed by atoms with Gasteiger partial charge in [0.05, 0.1) is 12.0 Å². The van der Waals surface area contributed by atoms with Gasteiger partial charge in [-0.25, -0.2) is 4.79 Å². The van der Waals surface area contributed by atoms with Gasteiger partial charge in [0.15, 0.2) is 0 Å². The van der Waals surface area contributed by atoms with Gasteiger partial charge in [0.2, 0.25) is 0 Å². The number of benzene rings is 1. The van der Waals surface area contributed by atoms with Crippen molar-refractivity contribution in [3.63, 3.8) is 0 Å². The van der Waals surface area contributed by atoms with Gasteiger partial charge in [-0.2, -0.15) is 0 Å². The smallest absolute Gasteiger partial charge is 0.317 e. The van der Waals surface area contributed by atoms with Crippen molar-refractivity contribution in [2.45, 2.75) is 25.8 Å². The summed E-state index contributed by atoms with van der Waals surface area (Å²) in [5.41, 5.74) is 1.89. The van der Waals surface area contributed by atoms with E-state index in [9.17, 15) is 14.7 Å². The van der Waals surface area contributed by atoms with Crippen molar-refractivity contribution in [1.29, 1.82) is 0 Å². The molecule has 0 aliphatic carbocycles. The summed E-state index contributed by atoms with van der Waals surface area (Å²) in [6.45, 7) is 2.80. The first-order valence-corrected chi connectivity index (χ1v) is 9.26. The lowest BCUT2D eigenvalue weighted by molar-refractivity contribution is -0.143. The van der Waals surface area contributed by atoms with E-state index in [2.05, 4.69) is 10.3 Å². The highest BCUT2D eigenvalue weighted by atomic mass is 16.4. The van der Waals surface area contributed by atoms with E-state index in [1.807, 2.05) is 55.5 Å². The summed E-state index contributed by atoms with van der Waals surface area (Å²) in [5.74, 6) is -1.19. The molecule has 2 aromatic rings. The third-order valence-electron chi connectivity index (χ3n) is 4.94. The van der Waals surface area contributed by atoms with Crippen LogP contribution in [0, 0.1) is 11.8 Å². The molecule has 0 saturated carbocycles. The summed E-state index contributed by atoms with van der Waals surface area (Å²) in [7, 11) is 0.